The molecule has 4 heterocycles. The van der Waals surface area contributed by atoms with E-state index in [9.17, 15) is 4.79 Å². The summed E-state index contributed by atoms with van der Waals surface area (Å²) in [5.74, 6) is 0.752. The van der Waals surface area contributed by atoms with E-state index >= 15 is 0 Å². The number of nitrogens with zero attached hydrogens (tertiary/aromatic N) is 6. The number of hydrogen-bond donors (Lipinski definition) is 0. The van der Waals surface area contributed by atoms with Gasteiger partial charge in [-0.15, -0.1) is 0 Å². The van der Waals surface area contributed by atoms with Crippen LogP contribution in [0.25, 0.3) is 5.82 Å². The van der Waals surface area contributed by atoms with Gasteiger partial charge >= 0.3 is 0 Å². The number of rotatable bonds is 4. The molecular formula is C19H20N6O. The van der Waals surface area contributed by atoms with Gasteiger partial charge in [0.15, 0.2) is 0 Å². The highest BCUT2D eigenvalue weighted by molar-refractivity contribution is 5.94. The minimum absolute atomic E-state index is 0.0531. The van der Waals surface area contributed by atoms with Gasteiger partial charge < -0.3 is 4.90 Å². The monoisotopic (exact) mass is 348 g/mol. The highest BCUT2D eigenvalue weighted by Gasteiger charge is 2.22. The van der Waals surface area contributed by atoms with Crippen LogP contribution in [0, 0.1) is 0 Å². The van der Waals surface area contributed by atoms with Gasteiger partial charge in [-0.1, -0.05) is 0 Å². The van der Waals surface area contributed by atoms with Crippen LogP contribution in [0.4, 0.5) is 0 Å². The summed E-state index contributed by atoms with van der Waals surface area (Å²) < 4.78 is 1.80. The smallest absolute Gasteiger partial charge is 0.254 e. The number of carbonyl (C=O) groups is 1. The lowest BCUT2D eigenvalue weighted by molar-refractivity contribution is 0.0628. The van der Waals surface area contributed by atoms with E-state index in [1.54, 1.807) is 29.4 Å². The molecule has 7 nitrogen and oxygen atoms in total. The fourth-order valence-electron chi connectivity index (χ4n) is 3.13. The van der Waals surface area contributed by atoms with Crippen molar-refractivity contribution in [2.45, 2.75) is 6.54 Å². The molecule has 1 aliphatic rings. The highest BCUT2D eigenvalue weighted by Crippen LogP contribution is 2.13. The highest BCUT2D eigenvalue weighted by atomic mass is 16.2. The third-order valence-electron chi connectivity index (χ3n) is 4.58. The molecule has 7 heteroatoms. The Morgan fingerprint density at radius 2 is 1.77 bits per heavy atom. The van der Waals surface area contributed by atoms with Crippen LogP contribution < -0.4 is 0 Å². The molecule has 0 N–H and O–H groups in total. The second kappa shape index (κ2) is 7.45. The van der Waals surface area contributed by atoms with Gasteiger partial charge in [0.05, 0.1) is 0 Å². The number of amides is 1. The minimum atomic E-state index is 0.0531. The van der Waals surface area contributed by atoms with E-state index in [1.807, 2.05) is 41.7 Å². The Morgan fingerprint density at radius 1 is 0.962 bits per heavy atom. The Labute approximate surface area is 151 Å². The summed E-state index contributed by atoms with van der Waals surface area (Å²) in [5.41, 5.74) is 1.91. The van der Waals surface area contributed by atoms with Crippen molar-refractivity contribution in [2.24, 2.45) is 0 Å². The molecule has 0 spiro atoms. The molecule has 0 saturated carbocycles. The van der Waals surface area contributed by atoms with Crippen molar-refractivity contribution in [3.05, 3.63) is 72.7 Å². The third kappa shape index (κ3) is 3.62. The molecule has 0 unspecified atom stereocenters. The van der Waals surface area contributed by atoms with E-state index < -0.39 is 0 Å². The molecule has 0 radical (unpaired) electrons. The van der Waals surface area contributed by atoms with Gasteiger partial charge in [0.1, 0.15) is 12.1 Å². The number of imidazole rings is 1. The van der Waals surface area contributed by atoms with Crippen molar-refractivity contribution >= 4 is 5.91 Å². The molecular weight excluding hydrogens is 328 g/mol. The number of piperazine rings is 1. The second-order valence-corrected chi connectivity index (χ2v) is 6.30. The average molecular weight is 348 g/mol. The van der Waals surface area contributed by atoms with Crippen molar-refractivity contribution < 1.29 is 4.79 Å². The lowest BCUT2D eigenvalue weighted by atomic mass is 10.2. The molecule has 0 aromatic carbocycles. The maximum absolute atomic E-state index is 12.8. The molecule has 1 amide bonds. The van der Waals surface area contributed by atoms with Crippen LogP contribution in [0.15, 0.2) is 61.6 Å². The van der Waals surface area contributed by atoms with Crippen LogP contribution in [0.1, 0.15) is 15.9 Å². The zero-order valence-corrected chi connectivity index (χ0v) is 14.4. The van der Waals surface area contributed by atoms with Crippen LogP contribution in [0.5, 0.6) is 0 Å². The van der Waals surface area contributed by atoms with E-state index in [1.165, 1.54) is 5.56 Å². The van der Waals surface area contributed by atoms with Crippen LogP contribution in [0.3, 0.4) is 0 Å². The van der Waals surface area contributed by atoms with Crippen molar-refractivity contribution in [1.29, 1.82) is 0 Å². The number of aromatic nitrogens is 4. The molecule has 1 fully saturated rings. The third-order valence-corrected chi connectivity index (χ3v) is 4.58. The first-order valence-corrected chi connectivity index (χ1v) is 8.64. The molecule has 3 aromatic rings. The molecule has 132 valence electrons. The van der Waals surface area contributed by atoms with Crippen molar-refractivity contribution in [2.75, 3.05) is 26.2 Å². The Hall–Kier alpha value is -3.06. The first-order valence-electron chi connectivity index (χ1n) is 8.64. The van der Waals surface area contributed by atoms with E-state index in [0.29, 0.717) is 11.4 Å². The van der Waals surface area contributed by atoms with Gasteiger partial charge in [-0.05, 0) is 29.8 Å². The lowest BCUT2D eigenvalue weighted by Crippen LogP contribution is -2.48. The van der Waals surface area contributed by atoms with Crippen LogP contribution >= 0.6 is 0 Å². The fourth-order valence-corrected chi connectivity index (χ4v) is 3.13. The van der Waals surface area contributed by atoms with Crippen molar-refractivity contribution in [1.82, 2.24) is 29.3 Å². The Bertz CT molecular complexity index is 857. The SMILES string of the molecule is O=C(c1ccnc(-n2ccnc2)c1)N1CCN(Cc2ccncc2)CC1. The van der Waals surface area contributed by atoms with Gasteiger partial charge in [-0.25, -0.2) is 9.97 Å². The lowest BCUT2D eigenvalue weighted by Gasteiger charge is -2.34. The zero-order chi connectivity index (χ0) is 17.8. The minimum Gasteiger partial charge on any atom is -0.336 e. The van der Waals surface area contributed by atoms with E-state index in [-0.39, 0.29) is 5.91 Å². The van der Waals surface area contributed by atoms with Crippen LogP contribution in [0.2, 0.25) is 0 Å². The fraction of sp³-hybridized carbons (Fsp3) is 0.263. The van der Waals surface area contributed by atoms with E-state index in [0.717, 1.165) is 32.7 Å². The standard InChI is InChI=1S/C19H20N6O/c26-19(17-3-6-22-18(13-17)25-8-7-21-15-25)24-11-9-23(10-12-24)14-16-1-4-20-5-2-16/h1-8,13,15H,9-12,14H2. The summed E-state index contributed by atoms with van der Waals surface area (Å²) in [6.07, 6.45) is 10.5. The molecule has 0 aliphatic carbocycles. The Morgan fingerprint density at radius 3 is 2.50 bits per heavy atom. The average Bonchev–Trinajstić information content (AvgIpc) is 3.24. The topological polar surface area (TPSA) is 67.2 Å². The molecule has 0 atom stereocenters. The zero-order valence-electron chi connectivity index (χ0n) is 14.4. The summed E-state index contributed by atoms with van der Waals surface area (Å²) >= 11 is 0. The molecule has 3 aromatic heterocycles. The van der Waals surface area contributed by atoms with Crippen molar-refractivity contribution in [3.8, 4) is 5.82 Å². The first-order chi connectivity index (χ1) is 12.8. The second-order valence-electron chi connectivity index (χ2n) is 6.30. The Balaban J connectivity index is 1.39. The predicted octanol–water partition coefficient (Wildman–Crippen LogP) is 1.62. The molecule has 4 rings (SSSR count). The molecule has 1 aliphatic heterocycles. The quantitative estimate of drug-likeness (QED) is 0.717. The number of carbonyl (C=O) groups excluding carboxylic acids is 1. The summed E-state index contributed by atoms with van der Waals surface area (Å²) in [6, 6.07) is 7.65. The summed E-state index contributed by atoms with van der Waals surface area (Å²) in [5, 5.41) is 0. The Kier molecular flexibility index (Phi) is 4.70. The van der Waals surface area contributed by atoms with Crippen LogP contribution in [-0.4, -0.2) is 61.4 Å². The van der Waals surface area contributed by atoms with Gasteiger partial charge in [-0.3, -0.25) is 19.2 Å². The summed E-state index contributed by atoms with van der Waals surface area (Å²) in [4.78, 5) is 29.5. The largest absolute Gasteiger partial charge is 0.336 e. The van der Waals surface area contributed by atoms with Gasteiger partial charge in [-0.2, -0.15) is 0 Å². The van der Waals surface area contributed by atoms with Gasteiger partial charge in [0, 0.05) is 69.3 Å². The maximum atomic E-state index is 12.8. The number of hydrogen-bond acceptors (Lipinski definition) is 5. The first kappa shape index (κ1) is 16.4. The van der Waals surface area contributed by atoms with Gasteiger partial charge in [0.2, 0.25) is 0 Å². The van der Waals surface area contributed by atoms with E-state index in [4.69, 9.17) is 0 Å². The molecule has 26 heavy (non-hydrogen) atoms. The van der Waals surface area contributed by atoms with Crippen LogP contribution in [-0.2, 0) is 6.54 Å². The molecule has 1 saturated heterocycles. The molecule has 0 bridgehead atoms. The predicted molar refractivity (Wildman–Crippen MR) is 96.8 cm³/mol. The summed E-state index contributed by atoms with van der Waals surface area (Å²) in [7, 11) is 0. The maximum Gasteiger partial charge on any atom is 0.254 e. The van der Waals surface area contributed by atoms with Crippen molar-refractivity contribution in [3.63, 3.8) is 0 Å². The van der Waals surface area contributed by atoms with Gasteiger partial charge in [0.25, 0.3) is 5.91 Å². The summed E-state index contributed by atoms with van der Waals surface area (Å²) in [6.45, 7) is 4.09. The van der Waals surface area contributed by atoms with E-state index in [2.05, 4.69) is 19.9 Å². The number of pyridine rings is 2. The normalized spacial score (nSPS) is 15.2.